The van der Waals surface area contributed by atoms with Crippen LogP contribution in [0.3, 0.4) is 0 Å². The third-order valence-electron chi connectivity index (χ3n) is 3.47. The summed E-state index contributed by atoms with van der Waals surface area (Å²) < 4.78 is 0. The molecule has 2 aromatic carbocycles. The maximum absolute atomic E-state index is 12.1. The number of carbonyl (C=O) groups excluding carboxylic acids is 2. The highest BCUT2D eigenvalue weighted by atomic mass is 16.4. The van der Waals surface area contributed by atoms with Gasteiger partial charge in [0.15, 0.2) is 0 Å². The normalized spacial score (nSPS) is 11.4. The van der Waals surface area contributed by atoms with Crippen LogP contribution < -0.4 is 16.4 Å². The fourth-order valence-corrected chi connectivity index (χ4v) is 2.21. The predicted octanol–water partition coefficient (Wildman–Crippen LogP) is 1.85. The predicted molar refractivity (Wildman–Crippen MR) is 94.5 cm³/mol. The van der Waals surface area contributed by atoms with Gasteiger partial charge in [-0.2, -0.15) is 0 Å². The van der Waals surface area contributed by atoms with E-state index >= 15 is 0 Å². The molecule has 2 aromatic rings. The lowest BCUT2D eigenvalue weighted by molar-refractivity contribution is -0.117. The van der Waals surface area contributed by atoms with Crippen molar-refractivity contribution >= 4 is 29.2 Å². The number of nitrogens with two attached hydrogens (primary N) is 1. The summed E-state index contributed by atoms with van der Waals surface area (Å²) in [5, 5.41) is 14.2. The van der Waals surface area contributed by atoms with Gasteiger partial charge in [0, 0.05) is 18.3 Å². The van der Waals surface area contributed by atoms with Crippen molar-refractivity contribution in [1.82, 2.24) is 0 Å². The van der Waals surface area contributed by atoms with E-state index in [1.165, 1.54) is 31.2 Å². The fraction of sp³-hybridized carbons (Fsp3) is 0.167. The van der Waals surface area contributed by atoms with Gasteiger partial charge in [0.1, 0.15) is 0 Å². The molecule has 7 heteroatoms. The van der Waals surface area contributed by atoms with Crippen LogP contribution in [0.4, 0.5) is 11.4 Å². The van der Waals surface area contributed by atoms with Gasteiger partial charge in [-0.15, -0.1) is 0 Å². The number of benzene rings is 2. The van der Waals surface area contributed by atoms with Crippen LogP contribution in [-0.4, -0.2) is 28.9 Å². The van der Waals surface area contributed by atoms with Gasteiger partial charge in [-0.05, 0) is 48.4 Å². The molecular weight excluding hydrogens is 322 g/mol. The standard InChI is InChI=1S/C18H19N3O4/c1-11(22)20-14-6-2-12(3-7-14)10-16(19)17(23)21-15-8-4-13(5-9-15)18(24)25/h2-9,16H,10,19H2,1H3,(H,20,22)(H,21,23)(H,24,25). The molecule has 0 aliphatic heterocycles. The second kappa shape index (κ2) is 8.07. The van der Waals surface area contributed by atoms with E-state index in [-0.39, 0.29) is 17.4 Å². The van der Waals surface area contributed by atoms with Crippen molar-refractivity contribution in [3.8, 4) is 0 Å². The first-order valence-electron chi connectivity index (χ1n) is 7.61. The van der Waals surface area contributed by atoms with Crippen LogP contribution in [-0.2, 0) is 16.0 Å². The van der Waals surface area contributed by atoms with Crippen molar-refractivity contribution in [3.63, 3.8) is 0 Å². The zero-order chi connectivity index (χ0) is 18.4. The summed E-state index contributed by atoms with van der Waals surface area (Å²) in [6, 6.07) is 12.1. The zero-order valence-electron chi connectivity index (χ0n) is 13.7. The monoisotopic (exact) mass is 341 g/mol. The molecule has 0 radical (unpaired) electrons. The molecule has 0 fully saturated rings. The van der Waals surface area contributed by atoms with Crippen molar-refractivity contribution in [2.75, 3.05) is 10.6 Å². The Morgan fingerprint density at radius 2 is 1.48 bits per heavy atom. The minimum Gasteiger partial charge on any atom is -0.478 e. The molecule has 0 spiro atoms. The minimum atomic E-state index is -1.03. The molecule has 0 saturated heterocycles. The lowest BCUT2D eigenvalue weighted by Gasteiger charge is -2.13. The number of carboxylic acids is 1. The molecule has 0 aromatic heterocycles. The van der Waals surface area contributed by atoms with E-state index in [0.717, 1.165) is 5.56 Å². The number of aromatic carboxylic acids is 1. The quantitative estimate of drug-likeness (QED) is 0.639. The first kappa shape index (κ1) is 18.2. The Bertz CT molecular complexity index is 770. The van der Waals surface area contributed by atoms with E-state index < -0.39 is 12.0 Å². The highest BCUT2D eigenvalue weighted by molar-refractivity contribution is 5.95. The lowest BCUT2D eigenvalue weighted by atomic mass is 10.1. The smallest absolute Gasteiger partial charge is 0.335 e. The van der Waals surface area contributed by atoms with Crippen LogP contribution in [0.2, 0.25) is 0 Å². The van der Waals surface area contributed by atoms with Gasteiger partial charge in [0.2, 0.25) is 11.8 Å². The summed E-state index contributed by atoms with van der Waals surface area (Å²) in [5.41, 5.74) is 8.07. The lowest BCUT2D eigenvalue weighted by Crippen LogP contribution is -2.37. The zero-order valence-corrected chi connectivity index (χ0v) is 13.7. The summed E-state index contributed by atoms with van der Waals surface area (Å²) in [6.45, 7) is 1.43. The second-order valence-corrected chi connectivity index (χ2v) is 5.56. The molecule has 0 bridgehead atoms. The van der Waals surface area contributed by atoms with Crippen LogP contribution >= 0.6 is 0 Å². The molecule has 0 saturated carbocycles. The molecule has 1 atom stereocenters. The van der Waals surface area contributed by atoms with Crippen molar-refractivity contribution in [2.24, 2.45) is 5.73 Å². The topological polar surface area (TPSA) is 122 Å². The molecule has 0 heterocycles. The van der Waals surface area contributed by atoms with Crippen LogP contribution in [0.25, 0.3) is 0 Å². The molecule has 5 N–H and O–H groups in total. The van der Waals surface area contributed by atoms with Crippen molar-refractivity contribution < 1.29 is 19.5 Å². The van der Waals surface area contributed by atoms with Crippen LogP contribution in [0, 0.1) is 0 Å². The fourth-order valence-electron chi connectivity index (χ4n) is 2.21. The molecule has 2 rings (SSSR count). The molecular formula is C18H19N3O4. The molecule has 1 unspecified atom stereocenters. The summed E-state index contributed by atoms with van der Waals surface area (Å²) >= 11 is 0. The van der Waals surface area contributed by atoms with Gasteiger partial charge in [-0.25, -0.2) is 4.79 Å². The van der Waals surface area contributed by atoms with E-state index in [2.05, 4.69) is 10.6 Å². The number of anilines is 2. The SMILES string of the molecule is CC(=O)Nc1ccc(CC(N)C(=O)Nc2ccc(C(=O)O)cc2)cc1. The highest BCUT2D eigenvalue weighted by Gasteiger charge is 2.14. The first-order chi connectivity index (χ1) is 11.8. The van der Waals surface area contributed by atoms with Crippen molar-refractivity contribution in [1.29, 1.82) is 0 Å². The van der Waals surface area contributed by atoms with Crippen LogP contribution in [0.15, 0.2) is 48.5 Å². The van der Waals surface area contributed by atoms with Gasteiger partial charge >= 0.3 is 5.97 Å². The third kappa shape index (κ3) is 5.43. The first-order valence-corrected chi connectivity index (χ1v) is 7.61. The summed E-state index contributed by atoms with van der Waals surface area (Å²) in [6.07, 6.45) is 0.333. The van der Waals surface area contributed by atoms with Gasteiger partial charge in [0.05, 0.1) is 11.6 Å². The average Bonchev–Trinajstić information content (AvgIpc) is 2.56. The Hall–Kier alpha value is -3.19. The molecule has 130 valence electrons. The molecule has 7 nitrogen and oxygen atoms in total. The van der Waals surface area contributed by atoms with Crippen LogP contribution in [0.1, 0.15) is 22.8 Å². The Morgan fingerprint density at radius 3 is 2.00 bits per heavy atom. The number of hydrogen-bond donors (Lipinski definition) is 4. The van der Waals surface area contributed by atoms with Crippen LogP contribution in [0.5, 0.6) is 0 Å². The van der Waals surface area contributed by atoms with Gasteiger partial charge in [-0.3, -0.25) is 9.59 Å². The number of hydrogen-bond acceptors (Lipinski definition) is 4. The second-order valence-electron chi connectivity index (χ2n) is 5.56. The van der Waals surface area contributed by atoms with Crippen molar-refractivity contribution in [3.05, 3.63) is 59.7 Å². The number of amides is 2. The number of rotatable bonds is 6. The van der Waals surface area contributed by atoms with E-state index in [0.29, 0.717) is 17.8 Å². The Labute approximate surface area is 144 Å². The maximum Gasteiger partial charge on any atom is 0.335 e. The molecule has 0 aliphatic rings. The van der Waals surface area contributed by atoms with Gasteiger partial charge in [0.25, 0.3) is 0 Å². The summed E-state index contributed by atoms with van der Waals surface area (Å²) in [5.74, 6) is -1.55. The largest absolute Gasteiger partial charge is 0.478 e. The molecule has 25 heavy (non-hydrogen) atoms. The summed E-state index contributed by atoms with van der Waals surface area (Å²) in [7, 11) is 0. The Morgan fingerprint density at radius 1 is 0.960 bits per heavy atom. The third-order valence-corrected chi connectivity index (χ3v) is 3.47. The highest BCUT2D eigenvalue weighted by Crippen LogP contribution is 2.13. The van der Waals surface area contributed by atoms with E-state index in [1.807, 2.05) is 0 Å². The summed E-state index contributed by atoms with van der Waals surface area (Å²) in [4.78, 5) is 33.9. The average molecular weight is 341 g/mol. The number of nitrogens with one attached hydrogen (secondary N) is 2. The van der Waals surface area contributed by atoms with Gasteiger partial charge in [-0.1, -0.05) is 12.1 Å². The van der Waals surface area contributed by atoms with Gasteiger partial charge < -0.3 is 21.5 Å². The number of carboxylic acid groups (broad SMARTS) is 1. The maximum atomic E-state index is 12.1. The van der Waals surface area contributed by atoms with E-state index in [9.17, 15) is 14.4 Å². The van der Waals surface area contributed by atoms with E-state index in [4.69, 9.17) is 10.8 Å². The van der Waals surface area contributed by atoms with Crippen molar-refractivity contribution in [2.45, 2.75) is 19.4 Å². The minimum absolute atomic E-state index is 0.140. The number of carbonyl (C=O) groups is 3. The molecule has 0 aliphatic carbocycles. The molecule has 2 amide bonds. The van der Waals surface area contributed by atoms with E-state index in [1.54, 1.807) is 24.3 Å². The Balaban J connectivity index is 1.93. The Kier molecular flexibility index (Phi) is 5.86.